The van der Waals surface area contributed by atoms with Crippen LogP contribution in [0.1, 0.15) is 28.7 Å². The van der Waals surface area contributed by atoms with E-state index in [1.807, 2.05) is 6.92 Å². The molecular weight excluding hydrogens is 282 g/mol. The molecule has 2 heterocycles. The number of pyridine rings is 1. The molecule has 0 atom stereocenters. The normalized spacial score (nSPS) is 10.8. The Morgan fingerprint density at radius 1 is 1.45 bits per heavy atom. The Balaban J connectivity index is 2.44. The van der Waals surface area contributed by atoms with Crippen LogP contribution in [0.25, 0.3) is 0 Å². The molecule has 0 unspecified atom stereocenters. The first kappa shape index (κ1) is 14.3. The molecule has 0 saturated carbocycles. The zero-order valence-corrected chi connectivity index (χ0v) is 11.9. The summed E-state index contributed by atoms with van der Waals surface area (Å²) in [6.07, 6.45) is 2.00. The van der Waals surface area contributed by atoms with Gasteiger partial charge in [-0.25, -0.2) is 4.79 Å². The van der Waals surface area contributed by atoms with Crippen molar-refractivity contribution in [3.05, 3.63) is 50.7 Å². The van der Waals surface area contributed by atoms with E-state index in [1.165, 1.54) is 22.9 Å². The molecule has 2 rings (SSSR count). The summed E-state index contributed by atoms with van der Waals surface area (Å²) in [6, 6.07) is 2.51. The largest absolute Gasteiger partial charge is 0.478 e. The maximum absolute atomic E-state index is 11.8. The van der Waals surface area contributed by atoms with Gasteiger partial charge in [0.1, 0.15) is 0 Å². The molecule has 0 aliphatic heterocycles. The molecule has 20 heavy (non-hydrogen) atoms. The van der Waals surface area contributed by atoms with Crippen LogP contribution in [0.15, 0.2) is 23.1 Å². The third kappa shape index (κ3) is 2.60. The van der Waals surface area contributed by atoms with Crippen LogP contribution in [0.5, 0.6) is 0 Å². The van der Waals surface area contributed by atoms with E-state index in [0.717, 1.165) is 5.69 Å². The number of hydrogen-bond donors (Lipinski definition) is 1. The summed E-state index contributed by atoms with van der Waals surface area (Å²) in [4.78, 5) is 22.7. The summed E-state index contributed by atoms with van der Waals surface area (Å²) in [5.74, 6) is -1.08. The number of aryl methyl sites for hydroxylation is 2. The molecule has 1 N–H and O–H groups in total. The Labute approximate surface area is 120 Å². The van der Waals surface area contributed by atoms with Gasteiger partial charge in [-0.15, -0.1) is 0 Å². The standard InChI is InChI=1S/C13H14ClN3O3/c1-3-9-12(14)10(16(2)15-9)7-17-6-8(13(19)20)4-5-11(17)18/h4-6H,3,7H2,1-2H3,(H,19,20). The molecule has 0 spiro atoms. The molecule has 0 bridgehead atoms. The molecule has 0 radical (unpaired) electrons. The summed E-state index contributed by atoms with van der Waals surface area (Å²) in [5, 5.41) is 13.7. The van der Waals surface area contributed by atoms with E-state index in [0.29, 0.717) is 17.1 Å². The van der Waals surface area contributed by atoms with Crippen molar-refractivity contribution in [1.82, 2.24) is 14.3 Å². The van der Waals surface area contributed by atoms with Crippen LogP contribution in [-0.2, 0) is 20.0 Å². The summed E-state index contributed by atoms with van der Waals surface area (Å²) in [5.41, 5.74) is 1.20. The monoisotopic (exact) mass is 295 g/mol. The van der Waals surface area contributed by atoms with Crippen LogP contribution in [0.4, 0.5) is 0 Å². The van der Waals surface area contributed by atoms with E-state index < -0.39 is 5.97 Å². The number of carbonyl (C=O) groups is 1. The molecule has 7 heteroatoms. The number of carboxylic acids is 1. The summed E-state index contributed by atoms with van der Waals surface area (Å²) < 4.78 is 2.92. The van der Waals surface area contributed by atoms with Crippen molar-refractivity contribution in [1.29, 1.82) is 0 Å². The van der Waals surface area contributed by atoms with Gasteiger partial charge >= 0.3 is 5.97 Å². The molecule has 0 aliphatic rings. The van der Waals surface area contributed by atoms with Crippen molar-refractivity contribution >= 4 is 17.6 Å². The molecule has 6 nitrogen and oxygen atoms in total. The fourth-order valence-corrected chi connectivity index (χ4v) is 2.29. The van der Waals surface area contributed by atoms with Gasteiger partial charge in [0.05, 0.1) is 28.5 Å². The molecule has 0 saturated heterocycles. The van der Waals surface area contributed by atoms with Gasteiger partial charge in [-0.3, -0.25) is 9.48 Å². The van der Waals surface area contributed by atoms with Crippen molar-refractivity contribution in [3.63, 3.8) is 0 Å². The lowest BCUT2D eigenvalue weighted by molar-refractivity contribution is 0.0696. The molecule has 106 valence electrons. The minimum Gasteiger partial charge on any atom is -0.478 e. The third-order valence-corrected chi connectivity index (χ3v) is 3.49. The van der Waals surface area contributed by atoms with E-state index in [1.54, 1.807) is 11.7 Å². The van der Waals surface area contributed by atoms with Gasteiger partial charge < -0.3 is 9.67 Å². The summed E-state index contributed by atoms with van der Waals surface area (Å²) in [6.45, 7) is 2.12. The summed E-state index contributed by atoms with van der Waals surface area (Å²) >= 11 is 6.22. The quantitative estimate of drug-likeness (QED) is 0.928. The highest BCUT2D eigenvalue weighted by Crippen LogP contribution is 2.21. The van der Waals surface area contributed by atoms with Crippen LogP contribution >= 0.6 is 11.6 Å². The topological polar surface area (TPSA) is 77.1 Å². The van der Waals surface area contributed by atoms with Gasteiger partial charge in [0.15, 0.2) is 0 Å². The first-order valence-electron chi connectivity index (χ1n) is 6.08. The Kier molecular flexibility index (Phi) is 3.94. The van der Waals surface area contributed by atoms with Crippen LogP contribution in [0.2, 0.25) is 5.02 Å². The zero-order chi connectivity index (χ0) is 14.9. The molecule has 0 fully saturated rings. The van der Waals surface area contributed by atoms with Gasteiger partial charge in [-0.1, -0.05) is 18.5 Å². The van der Waals surface area contributed by atoms with Gasteiger partial charge in [-0.05, 0) is 12.5 Å². The van der Waals surface area contributed by atoms with Crippen LogP contribution in [0, 0.1) is 0 Å². The predicted molar refractivity (Wildman–Crippen MR) is 74.4 cm³/mol. The van der Waals surface area contributed by atoms with Crippen LogP contribution in [-0.4, -0.2) is 25.4 Å². The average molecular weight is 296 g/mol. The fourth-order valence-electron chi connectivity index (χ4n) is 1.93. The Morgan fingerprint density at radius 2 is 2.15 bits per heavy atom. The maximum Gasteiger partial charge on any atom is 0.337 e. The number of rotatable bonds is 4. The zero-order valence-electron chi connectivity index (χ0n) is 11.1. The highest BCUT2D eigenvalue weighted by Gasteiger charge is 2.14. The SMILES string of the molecule is CCc1nn(C)c(Cn2cc(C(=O)O)ccc2=O)c1Cl. The van der Waals surface area contributed by atoms with Crippen molar-refractivity contribution in [2.75, 3.05) is 0 Å². The fraction of sp³-hybridized carbons (Fsp3) is 0.308. The van der Waals surface area contributed by atoms with Gasteiger partial charge in [0, 0.05) is 19.3 Å². The minimum atomic E-state index is -1.08. The van der Waals surface area contributed by atoms with E-state index in [4.69, 9.17) is 16.7 Å². The first-order chi connectivity index (χ1) is 9.43. The molecular formula is C13H14ClN3O3. The number of aromatic nitrogens is 3. The second-order valence-electron chi connectivity index (χ2n) is 4.37. The van der Waals surface area contributed by atoms with Crippen molar-refractivity contribution in [3.8, 4) is 0 Å². The maximum atomic E-state index is 11.8. The number of hydrogen-bond acceptors (Lipinski definition) is 3. The molecule has 0 aromatic carbocycles. The first-order valence-corrected chi connectivity index (χ1v) is 6.45. The molecule has 0 aliphatic carbocycles. The lowest BCUT2D eigenvalue weighted by atomic mass is 10.2. The van der Waals surface area contributed by atoms with E-state index >= 15 is 0 Å². The number of carboxylic acid groups (broad SMARTS) is 1. The Hall–Kier alpha value is -2.08. The van der Waals surface area contributed by atoms with Gasteiger partial charge in [0.2, 0.25) is 0 Å². The van der Waals surface area contributed by atoms with E-state index in [-0.39, 0.29) is 17.7 Å². The second kappa shape index (κ2) is 5.50. The lowest BCUT2D eigenvalue weighted by Gasteiger charge is -2.07. The average Bonchev–Trinajstić information content (AvgIpc) is 2.68. The van der Waals surface area contributed by atoms with Gasteiger partial charge in [0.25, 0.3) is 5.56 Å². The highest BCUT2D eigenvalue weighted by molar-refractivity contribution is 6.31. The third-order valence-electron chi connectivity index (χ3n) is 3.05. The van der Waals surface area contributed by atoms with Crippen molar-refractivity contribution in [2.24, 2.45) is 7.05 Å². The van der Waals surface area contributed by atoms with Crippen molar-refractivity contribution < 1.29 is 9.90 Å². The Morgan fingerprint density at radius 3 is 2.70 bits per heavy atom. The molecule has 2 aromatic heterocycles. The predicted octanol–water partition coefficient (Wildman–Crippen LogP) is 1.54. The Bertz CT molecular complexity index is 718. The van der Waals surface area contributed by atoms with Crippen LogP contribution < -0.4 is 5.56 Å². The highest BCUT2D eigenvalue weighted by atomic mass is 35.5. The lowest BCUT2D eigenvalue weighted by Crippen LogP contribution is -2.22. The number of halogens is 1. The molecule has 2 aromatic rings. The molecule has 0 amide bonds. The van der Waals surface area contributed by atoms with E-state index in [2.05, 4.69) is 5.10 Å². The van der Waals surface area contributed by atoms with E-state index in [9.17, 15) is 9.59 Å². The summed E-state index contributed by atoms with van der Waals surface area (Å²) in [7, 11) is 1.74. The van der Waals surface area contributed by atoms with Crippen LogP contribution in [0.3, 0.4) is 0 Å². The number of nitrogens with zero attached hydrogens (tertiary/aromatic N) is 3. The minimum absolute atomic E-state index is 0.0543. The second-order valence-corrected chi connectivity index (χ2v) is 4.75. The smallest absolute Gasteiger partial charge is 0.337 e. The van der Waals surface area contributed by atoms with Crippen molar-refractivity contribution in [2.45, 2.75) is 19.9 Å². The van der Waals surface area contributed by atoms with Gasteiger partial charge in [-0.2, -0.15) is 5.10 Å². The number of aromatic carboxylic acids is 1.